The van der Waals surface area contributed by atoms with E-state index in [1.165, 1.54) is 18.2 Å². The van der Waals surface area contributed by atoms with Gasteiger partial charge in [0.05, 0.1) is 17.2 Å². The summed E-state index contributed by atoms with van der Waals surface area (Å²) < 4.78 is 25.7. The molecule has 0 radical (unpaired) electrons. The van der Waals surface area contributed by atoms with Gasteiger partial charge in [0.25, 0.3) is 0 Å². The van der Waals surface area contributed by atoms with Crippen LogP contribution in [0.3, 0.4) is 0 Å². The molecular weight excluding hydrogens is 277 g/mol. The number of aliphatic hydroxyl groups is 1. The fraction of sp³-hybridized carbons (Fsp3) is 0.533. The summed E-state index contributed by atoms with van der Waals surface area (Å²) in [5.41, 5.74) is -0.565. The quantitative estimate of drug-likeness (QED) is 0.864. The molecule has 2 aliphatic heterocycles. The molecule has 0 aliphatic carbocycles. The van der Waals surface area contributed by atoms with Crippen LogP contribution in [0, 0.1) is 17.1 Å². The van der Waals surface area contributed by atoms with Gasteiger partial charge in [0.1, 0.15) is 5.82 Å². The lowest BCUT2D eigenvalue weighted by Crippen LogP contribution is -2.47. The normalized spacial score (nSPS) is 36.4. The first-order chi connectivity index (χ1) is 9.53. The van der Waals surface area contributed by atoms with Crippen molar-refractivity contribution >= 4 is 10.8 Å². The zero-order chi connectivity index (χ0) is 14.3. The minimum absolute atomic E-state index is 0.0395. The zero-order valence-electron chi connectivity index (χ0n) is 11.0. The minimum atomic E-state index is -1.23. The molecular formula is C15H16FNO2S. The maximum atomic E-state index is 13.5. The largest absolute Gasteiger partial charge is 0.385 e. The van der Waals surface area contributed by atoms with Gasteiger partial charge >= 0.3 is 0 Å². The molecule has 0 aromatic heterocycles. The smallest absolute Gasteiger partial charge is 0.123 e. The first-order valence-electron chi connectivity index (χ1n) is 6.85. The second kappa shape index (κ2) is 4.94. The molecule has 1 N–H and O–H groups in total. The number of nitriles is 1. The summed E-state index contributed by atoms with van der Waals surface area (Å²) in [4.78, 5) is 0. The summed E-state index contributed by atoms with van der Waals surface area (Å²) in [5, 5.41) is 20.0. The molecule has 0 spiro atoms. The van der Waals surface area contributed by atoms with Crippen molar-refractivity contribution in [2.24, 2.45) is 0 Å². The van der Waals surface area contributed by atoms with Crippen molar-refractivity contribution in [1.82, 2.24) is 0 Å². The van der Waals surface area contributed by atoms with E-state index in [1.54, 1.807) is 0 Å². The summed E-state index contributed by atoms with van der Waals surface area (Å²) >= 11 is 0. The number of halogens is 1. The standard InChI is InChI=1S/C15H16FNO2S/c16-11-5-4-10(9-17)14(6-11)15(18)7-12-2-1-3-13(8-15)20(12)19/h4-6,12-13,18H,1-3,7-8H2. The molecule has 3 rings (SSSR count). The van der Waals surface area contributed by atoms with Gasteiger partial charge in [0, 0.05) is 26.9 Å². The number of hydrogen-bond donors (Lipinski definition) is 1. The lowest BCUT2D eigenvalue weighted by Gasteiger charge is -2.44. The highest BCUT2D eigenvalue weighted by Gasteiger charge is 2.47. The van der Waals surface area contributed by atoms with Crippen molar-refractivity contribution in [2.45, 2.75) is 48.2 Å². The second-order valence-electron chi connectivity index (χ2n) is 5.74. The van der Waals surface area contributed by atoms with Gasteiger partial charge in [0.2, 0.25) is 0 Å². The van der Waals surface area contributed by atoms with Gasteiger partial charge in [-0.1, -0.05) is 6.42 Å². The molecule has 1 aromatic rings. The molecule has 2 bridgehead atoms. The number of nitrogens with zero attached hydrogens (tertiary/aromatic N) is 1. The van der Waals surface area contributed by atoms with E-state index in [0.29, 0.717) is 24.0 Å². The molecule has 2 saturated heterocycles. The Morgan fingerprint density at radius 1 is 1.35 bits per heavy atom. The van der Waals surface area contributed by atoms with E-state index >= 15 is 0 Å². The molecule has 0 saturated carbocycles. The highest BCUT2D eigenvalue weighted by atomic mass is 32.2. The fourth-order valence-electron chi connectivity index (χ4n) is 3.50. The van der Waals surface area contributed by atoms with Gasteiger partial charge in [-0.15, -0.1) is 0 Å². The van der Waals surface area contributed by atoms with Crippen molar-refractivity contribution in [3.05, 3.63) is 35.1 Å². The van der Waals surface area contributed by atoms with Crippen LogP contribution in [-0.2, 0) is 16.4 Å². The maximum Gasteiger partial charge on any atom is 0.123 e. The number of hydrogen-bond acceptors (Lipinski definition) is 3. The van der Waals surface area contributed by atoms with Gasteiger partial charge in [0.15, 0.2) is 0 Å². The van der Waals surface area contributed by atoms with E-state index < -0.39 is 22.2 Å². The van der Waals surface area contributed by atoms with E-state index in [0.717, 1.165) is 19.3 Å². The van der Waals surface area contributed by atoms with Crippen LogP contribution in [0.4, 0.5) is 4.39 Å². The molecule has 2 fully saturated rings. The van der Waals surface area contributed by atoms with Gasteiger partial charge in [-0.25, -0.2) is 4.39 Å². The average Bonchev–Trinajstić information content (AvgIpc) is 2.41. The first kappa shape index (κ1) is 13.7. The molecule has 2 atom stereocenters. The third-order valence-electron chi connectivity index (χ3n) is 4.44. The summed E-state index contributed by atoms with van der Waals surface area (Å²) in [6.07, 6.45) is 3.42. The summed E-state index contributed by atoms with van der Waals surface area (Å²) in [6.45, 7) is 0. The Balaban J connectivity index is 2.03. The van der Waals surface area contributed by atoms with Crippen molar-refractivity contribution in [1.29, 1.82) is 5.26 Å². The monoisotopic (exact) mass is 293 g/mol. The van der Waals surface area contributed by atoms with Crippen LogP contribution < -0.4 is 0 Å². The van der Waals surface area contributed by atoms with Gasteiger partial charge < -0.3 is 5.11 Å². The Labute approximate surface area is 119 Å². The van der Waals surface area contributed by atoms with E-state index in [2.05, 4.69) is 0 Å². The summed E-state index contributed by atoms with van der Waals surface area (Å²) in [5.74, 6) is -0.454. The number of benzene rings is 1. The van der Waals surface area contributed by atoms with Crippen LogP contribution in [0.2, 0.25) is 0 Å². The number of fused-ring (bicyclic) bond motifs is 2. The summed E-state index contributed by atoms with van der Waals surface area (Å²) in [6, 6.07) is 5.91. The lowest BCUT2D eigenvalue weighted by atomic mass is 9.79. The highest BCUT2D eigenvalue weighted by Crippen LogP contribution is 2.45. The topological polar surface area (TPSA) is 61.1 Å². The predicted octanol–water partition coefficient (Wildman–Crippen LogP) is 2.35. The molecule has 2 unspecified atom stereocenters. The second-order valence-corrected chi connectivity index (χ2v) is 7.74. The Morgan fingerprint density at radius 2 is 2.00 bits per heavy atom. The molecule has 106 valence electrons. The van der Waals surface area contributed by atoms with E-state index in [-0.39, 0.29) is 10.5 Å². The van der Waals surface area contributed by atoms with Crippen molar-refractivity contribution < 1.29 is 13.7 Å². The zero-order valence-corrected chi connectivity index (χ0v) is 11.8. The van der Waals surface area contributed by atoms with Crippen LogP contribution in [-0.4, -0.2) is 19.8 Å². The van der Waals surface area contributed by atoms with E-state index in [9.17, 15) is 13.7 Å². The summed E-state index contributed by atoms with van der Waals surface area (Å²) in [7, 11) is -0.907. The van der Waals surface area contributed by atoms with E-state index in [1.807, 2.05) is 6.07 Å². The third-order valence-corrected chi connectivity index (χ3v) is 6.56. The Morgan fingerprint density at radius 3 is 2.60 bits per heavy atom. The SMILES string of the molecule is N#Cc1ccc(F)cc1C1(O)CC2CCCC(C1)S2=O. The average molecular weight is 293 g/mol. The maximum absolute atomic E-state index is 13.5. The highest BCUT2D eigenvalue weighted by molar-refractivity contribution is 7.86. The Bertz CT molecular complexity index is 594. The van der Waals surface area contributed by atoms with Gasteiger partial charge in [-0.2, -0.15) is 5.26 Å². The minimum Gasteiger partial charge on any atom is -0.385 e. The predicted molar refractivity (Wildman–Crippen MR) is 73.8 cm³/mol. The molecule has 2 aliphatic rings. The fourth-order valence-corrected chi connectivity index (χ4v) is 5.72. The molecule has 3 nitrogen and oxygen atoms in total. The Hall–Kier alpha value is -1.25. The van der Waals surface area contributed by atoms with Crippen LogP contribution in [0.25, 0.3) is 0 Å². The van der Waals surface area contributed by atoms with Crippen molar-refractivity contribution in [3.8, 4) is 6.07 Å². The molecule has 5 heteroatoms. The van der Waals surface area contributed by atoms with Gasteiger partial charge in [-0.05, 0) is 43.9 Å². The first-order valence-corrected chi connectivity index (χ1v) is 8.13. The molecule has 20 heavy (non-hydrogen) atoms. The van der Waals surface area contributed by atoms with E-state index in [4.69, 9.17) is 5.26 Å². The van der Waals surface area contributed by atoms with Crippen LogP contribution >= 0.6 is 0 Å². The molecule has 0 amide bonds. The lowest BCUT2D eigenvalue weighted by molar-refractivity contribution is 0.00604. The van der Waals surface area contributed by atoms with Crippen LogP contribution in [0.5, 0.6) is 0 Å². The Kier molecular flexibility index (Phi) is 3.39. The third kappa shape index (κ3) is 2.17. The number of rotatable bonds is 1. The molecule has 2 heterocycles. The van der Waals surface area contributed by atoms with Gasteiger partial charge in [-0.3, -0.25) is 4.21 Å². The van der Waals surface area contributed by atoms with Crippen molar-refractivity contribution in [3.63, 3.8) is 0 Å². The van der Waals surface area contributed by atoms with Crippen LogP contribution in [0.15, 0.2) is 18.2 Å². The molecule has 1 aromatic carbocycles. The van der Waals surface area contributed by atoms with Crippen molar-refractivity contribution in [2.75, 3.05) is 0 Å². The van der Waals surface area contributed by atoms with Crippen LogP contribution in [0.1, 0.15) is 43.2 Å².